The molecule has 0 aromatic heterocycles. The lowest BCUT2D eigenvalue weighted by atomic mass is 10.1. The summed E-state index contributed by atoms with van der Waals surface area (Å²) >= 11 is 0. The van der Waals surface area contributed by atoms with Gasteiger partial charge in [-0.1, -0.05) is 29.8 Å². The van der Waals surface area contributed by atoms with Crippen LogP contribution in [0.1, 0.15) is 18.1 Å². The number of ether oxygens (including phenoxy) is 2. The quantitative estimate of drug-likeness (QED) is 0.619. The summed E-state index contributed by atoms with van der Waals surface area (Å²) in [5.74, 6) is 0.0838. The molecule has 2 rings (SSSR count). The van der Waals surface area contributed by atoms with E-state index in [0.717, 1.165) is 16.9 Å². The minimum atomic E-state index is -3.88. The zero-order valence-corrected chi connectivity index (χ0v) is 17.2. The Morgan fingerprint density at radius 3 is 2.18 bits per heavy atom. The molecule has 152 valence electrons. The summed E-state index contributed by atoms with van der Waals surface area (Å²) in [5, 5.41) is 3.17. The summed E-state index contributed by atoms with van der Waals surface area (Å²) in [5.41, 5.74) is 1.91. The summed E-state index contributed by atoms with van der Waals surface area (Å²) in [6, 6.07) is 12.3. The first-order valence-electron chi connectivity index (χ1n) is 8.80. The van der Waals surface area contributed by atoms with Gasteiger partial charge < -0.3 is 14.8 Å². The van der Waals surface area contributed by atoms with E-state index in [1.165, 1.54) is 19.2 Å². The topological polar surface area (TPSA) is 93.7 Å². The van der Waals surface area contributed by atoms with Crippen LogP contribution in [-0.4, -0.2) is 40.7 Å². The van der Waals surface area contributed by atoms with Crippen molar-refractivity contribution in [3.05, 3.63) is 59.7 Å². The van der Waals surface area contributed by atoms with Gasteiger partial charge in [0.15, 0.2) is 0 Å². The molecule has 0 aliphatic carbocycles. The van der Waals surface area contributed by atoms with Gasteiger partial charge in [0.25, 0.3) is 0 Å². The predicted molar refractivity (Wildman–Crippen MR) is 107 cm³/mol. The third-order valence-electron chi connectivity index (χ3n) is 4.36. The average molecular weight is 407 g/mol. The highest BCUT2D eigenvalue weighted by Crippen LogP contribution is 2.13. The van der Waals surface area contributed by atoms with E-state index in [9.17, 15) is 13.2 Å². The van der Waals surface area contributed by atoms with Gasteiger partial charge in [-0.15, -0.1) is 0 Å². The second kappa shape index (κ2) is 9.68. The maximum atomic E-state index is 12.7. The van der Waals surface area contributed by atoms with Gasteiger partial charge in [-0.2, -0.15) is 4.72 Å². The summed E-state index contributed by atoms with van der Waals surface area (Å²) in [4.78, 5) is 12.3. The second-order valence-corrected chi connectivity index (χ2v) is 8.17. The maximum absolute atomic E-state index is 12.7. The fraction of sp³-hybridized carbons (Fsp3) is 0.350. The molecular formula is C20H26N2O5S. The van der Waals surface area contributed by atoms with Crippen molar-refractivity contribution in [1.82, 2.24) is 10.0 Å². The summed E-state index contributed by atoms with van der Waals surface area (Å²) in [6.07, 6.45) is 0. The highest BCUT2D eigenvalue weighted by atomic mass is 32.2. The smallest absolute Gasteiger partial charge is 0.325 e. The van der Waals surface area contributed by atoms with E-state index >= 15 is 0 Å². The van der Waals surface area contributed by atoms with Crippen molar-refractivity contribution in [2.75, 3.05) is 14.2 Å². The highest BCUT2D eigenvalue weighted by molar-refractivity contribution is 7.89. The predicted octanol–water partition coefficient (Wildman–Crippen LogP) is 2.00. The van der Waals surface area contributed by atoms with Crippen molar-refractivity contribution >= 4 is 16.0 Å². The van der Waals surface area contributed by atoms with Gasteiger partial charge in [0.2, 0.25) is 10.0 Å². The van der Waals surface area contributed by atoms with Crippen LogP contribution in [0.25, 0.3) is 0 Å². The zero-order valence-electron chi connectivity index (χ0n) is 16.4. The van der Waals surface area contributed by atoms with Crippen LogP contribution in [0.5, 0.6) is 5.75 Å². The molecule has 0 aliphatic heterocycles. The third kappa shape index (κ3) is 5.79. The molecule has 0 radical (unpaired) electrons. The minimum absolute atomic E-state index is 0.0920. The van der Waals surface area contributed by atoms with Crippen molar-refractivity contribution in [3.8, 4) is 5.75 Å². The number of carbonyl (C=O) groups is 1. The number of methoxy groups -OCH3 is 2. The molecule has 0 amide bonds. The summed E-state index contributed by atoms with van der Waals surface area (Å²) < 4.78 is 37.7. The molecule has 0 fully saturated rings. The van der Waals surface area contributed by atoms with Crippen molar-refractivity contribution in [3.63, 3.8) is 0 Å². The SMILES string of the molecule is COC(=O)[C@@H](NS(=O)(=O)c1ccc(C)cc1)[C@@H](C)NCc1ccc(OC)cc1. The van der Waals surface area contributed by atoms with Gasteiger partial charge >= 0.3 is 5.97 Å². The molecule has 2 aromatic carbocycles. The van der Waals surface area contributed by atoms with E-state index < -0.39 is 28.1 Å². The first-order chi connectivity index (χ1) is 13.3. The number of benzene rings is 2. The van der Waals surface area contributed by atoms with Crippen LogP contribution < -0.4 is 14.8 Å². The first kappa shape index (κ1) is 21.9. The lowest BCUT2D eigenvalue weighted by Gasteiger charge is -2.24. The Hall–Kier alpha value is -2.42. The van der Waals surface area contributed by atoms with Gasteiger partial charge in [0.1, 0.15) is 11.8 Å². The standard InChI is InChI=1S/C20H26N2O5S/c1-14-5-11-18(12-6-14)28(24,25)22-19(20(23)27-4)15(2)21-13-16-7-9-17(26-3)10-8-16/h5-12,15,19,21-22H,13H2,1-4H3/t15-,19+/m1/s1. The van der Waals surface area contributed by atoms with Gasteiger partial charge in [0, 0.05) is 12.6 Å². The average Bonchev–Trinajstić information content (AvgIpc) is 2.70. The minimum Gasteiger partial charge on any atom is -0.497 e. The molecule has 2 N–H and O–H groups in total. The third-order valence-corrected chi connectivity index (χ3v) is 5.81. The molecule has 0 saturated carbocycles. The molecule has 2 aromatic rings. The van der Waals surface area contributed by atoms with Gasteiger partial charge in [-0.05, 0) is 43.7 Å². The Morgan fingerprint density at radius 2 is 1.64 bits per heavy atom. The zero-order chi connectivity index (χ0) is 20.7. The number of carbonyl (C=O) groups excluding carboxylic acids is 1. The second-order valence-electron chi connectivity index (χ2n) is 6.45. The molecule has 0 spiro atoms. The first-order valence-corrected chi connectivity index (χ1v) is 10.3. The molecule has 0 heterocycles. The Labute approximate surface area is 166 Å². The van der Waals surface area contributed by atoms with Crippen molar-refractivity contribution in [1.29, 1.82) is 0 Å². The molecule has 2 atom stereocenters. The van der Waals surface area contributed by atoms with E-state index in [-0.39, 0.29) is 4.90 Å². The van der Waals surface area contributed by atoms with Crippen LogP contribution in [0.3, 0.4) is 0 Å². The van der Waals surface area contributed by atoms with E-state index in [4.69, 9.17) is 9.47 Å². The molecule has 0 bridgehead atoms. The molecular weight excluding hydrogens is 380 g/mol. The number of aryl methyl sites for hydroxylation is 1. The van der Waals surface area contributed by atoms with Gasteiger partial charge in [-0.25, -0.2) is 8.42 Å². The van der Waals surface area contributed by atoms with Crippen LogP contribution in [0.4, 0.5) is 0 Å². The maximum Gasteiger partial charge on any atom is 0.325 e. The van der Waals surface area contributed by atoms with E-state index in [1.54, 1.807) is 26.2 Å². The number of nitrogens with one attached hydrogen (secondary N) is 2. The highest BCUT2D eigenvalue weighted by Gasteiger charge is 2.31. The van der Waals surface area contributed by atoms with Crippen LogP contribution in [0.2, 0.25) is 0 Å². The molecule has 8 heteroatoms. The Morgan fingerprint density at radius 1 is 1.04 bits per heavy atom. The largest absolute Gasteiger partial charge is 0.497 e. The van der Waals surface area contributed by atoms with Crippen LogP contribution in [0, 0.1) is 6.92 Å². The Bertz CT molecular complexity index is 880. The van der Waals surface area contributed by atoms with E-state index in [1.807, 2.05) is 31.2 Å². The van der Waals surface area contributed by atoms with E-state index in [2.05, 4.69) is 10.0 Å². The Kier molecular flexibility index (Phi) is 7.56. The molecule has 0 aliphatic rings. The lowest BCUT2D eigenvalue weighted by Crippen LogP contribution is -2.53. The number of sulfonamides is 1. The fourth-order valence-electron chi connectivity index (χ4n) is 2.57. The number of hydrogen-bond acceptors (Lipinski definition) is 6. The summed E-state index contributed by atoms with van der Waals surface area (Å²) in [6.45, 7) is 4.04. The Balaban J connectivity index is 2.10. The molecule has 0 saturated heterocycles. The van der Waals surface area contributed by atoms with Crippen LogP contribution in [-0.2, 0) is 26.1 Å². The molecule has 0 unspecified atom stereocenters. The van der Waals surface area contributed by atoms with Crippen LogP contribution in [0.15, 0.2) is 53.4 Å². The summed E-state index contributed by atoms with van der Waals surface area (Å²) in [7, 11) is -1.05. The van der Waals surface area contributed by atoms with Crippen molar-refractivity contribution < 1.29 is 22.7 Å². The number of esters is 1. The number of hydrogen-bond donors (Lipinski definition) is 2. The van der Waals surface area contributed by atoms with Gasteiger partial charge in [0.05, 0.1) is 19.1 Å². The number of rotatable bonds is 9. The van der Waals surface area contributed by atoms with Crippen LogP contribution >= 0.6 is 0 Å². The molecule has 28 heavy (non-hydrogen) atoms. The van der Waals surface area contributed by atoms with Gasteiger partial charge in [-0.3, -0.25) is 4.79 Å². The molecule has 7 nitrogen and oxygen atoms in total. The van der Waals surface area contributed by atoms with Crippen molar-refractivity contribution in [2.24, 2.45) is 0 Å². The fourth-order valence-corrected chi connectivity index (χ4v) is 3.84. The van der Waals surface area contributed by atoms with E-state index in [0.29, 0.717) is 6.54 Å². The normalized spacial score (nSPS) is 13.6. The van der Waals surface area contributed by atoms with Crippen molar-refractivity contribution in [2.45, 2.75) is 37.4 Å². The monoisotopic (exact) mass is 406 g/mol. The lowest BCUT2D eigenvalue weighted by molar-refractivity contribution is -0.143.